The third kappa shape index (κ3) is 7.71. The highest BCUT2D eigenvalue weighted by Gasteiger charge is 2.45. The Morgan fingerprint density at radius 1 is 0.706 bits per heavy atom. The van der Waals surface area contributed by atoms with Gasteiger partial charge in [-0.2, -0.15) is 0 Å². The summed E-state index contributed by atoms with van der Waals surface area (Å²) in [5.41, 5.74) is 0. The van der Waals surface area contributed by atoms with Gasteiger partial charge in [-0.1, -0.05) is 6.92 Å². The van der Waals surface area contributed by atoms with E-state index in [9.17, 15) is 13.2 Å². The molecule has 8 heteroatoms. The third-order valence-corrected chi connectivity index (χ3v) is 3.78. The van der Waals surface area contributed by atoms with Gasteiger partial charge in [0, 0.05) is 6.61 Å². The molecular weight excluding hydrogens is 257 g/mol. The topological polar surface area (TPSA) is 36.9 Å². The number of hydrogen-bond acceptors (Lipinski definition) is 4. The van der Waals surface area contributed by atoms with Gasteiger partial charge in [-0.25, -0.2) is 13.2 Å². The summed E-state index contributed by atoms with van der Waals surface area (Å²) in [6.45, 7) is -0.986. The van der Waals surface area contributed by atoms with Crippen molar-refractivity contribution in [1.82, 2.24) is 0 Å². The van der Waals surface area contributed by atoms with Gasteiger partial charge in [0.05, 0.1) is 19.8 Å². The van der Waals surface area contributed by atoms with Gasteiger partial charge >= 0.3 is 9.05 Å². The van der Waals surface area contributed by atoms with Gasteiger partial charge in [0.2, 0.25) is 0 Å². The van der Waals surface area contributed by atoms with Crippen molar-refractivity contribution >= 4 is 9.05 Å². The Bertz CT molecular complexity index is 139. The number of hydrogen-bond donors (Lipinski definition) is 0. The Balaban J connectivity index is 4.39. The molecule has 17 heavy (non-hydrogen) atoms. The van der Waals surface area contributed by atoms with Gasteiger partial charge in [0.15, 0.2) is 0 Å². The Labute approximate surface area is 100 Å². The lowest BCUT2D eigenvalue weighted by Gasteiger charge is -2.26. The van der Waals surface area contributed by atoms with Crippen LogP contribution >= 0.6 is 0 Å². The molecule has 0 N–H and O–H groups in total. The van der Waals surface area contributed by atoms with Crippen LogP contribution in [0.3, 0.4) is 0 Å². The first-order valence-corrected chi connectivity index (χ1v) is 7.11. The van der Waals surface area contributed by atoms with E-state index in [1.54, 1.807) is 0 Å². The zero-order valence-corrected chi connectivity index (χ0v) is 10.9. The predicted octanol–water partition coefficient (Wildman–Crippen LogP) is 1.81. The number of alkyl halides is 3. The molecule has 0 atom stereocenters. The van der Waals surface area contributed by atoms with Crippen molar-refractivity contribution in [1.29, 1.82) is 0 Å². The van der Waals surface area contributed by atoms with Crippen molar-refractivity contribution in [3.8, 4) is 0 Å². The lowest BCUT2D eigenvalue weighted by atomic mass is 10.5. The molecule has 4 nitrogen and oxygen atoms in total. The maximum Gasteiger partial charge on any atom is 0.679 e. The van der Waals surface area contributed by atoms with E-state index in [1.165, 1.54) is 0 Å². The fourth-order valence-corrected chi connectivity index (χ4v) is 2.90. The highest BCUT2D eigenvalue weighted by Crippen LogP contribution is 2.13. The van der Waals surface area contributed by atoms with E-state index in [0.717, 1.165) is 0 Å². The second-order valence-electron chi connectivity index (χ2n) is 2.96. The maximum atomic E-state index is 12.1. The fourth-order valence-electron chi connectivity index (χ4n) is 0.968. The first-order valence-electron chi connectivity index (χ1n) is 5.48. The van der Waals surface area contributed by atoms with Crippen LogP contribution in [0.1, 0.15) is 13.3 Å². The molecule has 104 valence electrons. The zero-order chi connectivity index (χ0) is 13.0. The van der Waals surface area contributed by atoms with Crippen LogP contribution in [0.25, 0.3) is 0 Å². The molecule has 0 fully saturated rings. The van der Waals surface area contributed by atoms with Gasteiger partial charge in [-0.05, 0) is 6.42 Å². The molecule has 0 amide bonds. The molecule has 0 aliphatic rings. The Morgan fingerprint density at radius 2 is 1.06 bits per heavy atom. The predicted molar refractivity (Wildman–Crippen MR) is 57.8 cm³/mol. The smallest absolute Gasteiger partial charge is 0.351 e. The van der Waals surface area contributed by atoms with Gasteiger partial charge in [-0.3, -0.25) is 0 Å². The van der Waals surface area contributed by atoms with Gasteiger partial charge < -0.3 is 17.7 Å². The summed E-state index contributed by atoms with van der Waals surface area (Å²) in [7, 11) is -3.60. The van der Waals surface area contributed by atoms with Crippen molar-refractivity contribution in [3.63, 3.8) is 0 Å². The van der Waals surface area contributed by atoms with E-state index in [1.807, 2.05) is 6.92 Å². The van der Waals surface area contributed by atoms with Crippen molar-refractivity contribution < 1.29 is 30.9 Å². The first kappa shape index (κ1) is 16.8. The fraction of sp³-hybridized carbons (Fsp3) is 1.00. The van der Waals surface area contributed by atoms with Crippen molar-refractivity contribution in [3.05, 3.63) is 0 Å². The molecule has 0 aromatic rings. The second-order valence-corrected chi connectivity index (χ2v) is 5.12. The summed E-state index contributed by atoms with van der Waals surface area (Å²) < 4.78 is 56.6. The molecule has 0 unspecified atom stereocenters. The Morgan fingerprint density at radius 3 is 1.35 bits per heavy atom. The van der Waals surface area contributed by atoms with Crippen molar-refractivity contribution in [2.45, 2.75) is 13.3 Å². The van der Waals surface area contributed by atoms with E-state index in [-0.39, 0.29) is 26.4 Å². The van der Waals surface area contributed by atoms with Crippen LogP contribution in [-0.2, 0) is 17.7 Å². The first-order chi connectivity index (χ1) is 8.24. The molecule has 0 aliphatic heterocycles. The molecule has 0 aromatic heterocycles. The van der Waals surface area contributed by atoms with E-state index < -0.39 is 29.1 Å². The lowest BCUT2D eigenvalue weighted by molar-refractivity contribution is -0.0406. The van der Waals surface area contributed by atoms with E-state index >= 15 is 0 Å². The largest absolute Gasteiger partial charge is 0.679 e. The minimum atomic E-state index is -3.60. The molecule has 0 bridgehead atoms. The molecule has 0 radical (unpaired) electrons. The van der Waals surface area contributed by atoms with E-state index in [4.69, 9.17) is 17.7 Å². The lowest BCUT2D eigenvalue weighted by Crippen LogP contribution is -2.50. The third-order valence-electron chi connectivity index (χ3n) is 1.55. The minimum absolute atomic E-state index is 0.261. The monoisotopic (exact) mass is 276 g/mol. The van der Waals surface area contributed by atoms with Gasteiger partial charge in [-0.15, -0.1) is 0 Å². The molecule has 0 aromatic carbocycles. The number of halogens is 3. The quantitative estimate of drug-likeness (QED) is 0.509. The summed E-state index contributed by atoms with van der Waals surface area (Å²) in [6, 6.07) is 0. The minimum Gasteiger partial charge on any atom is -0.351 e. The summed E-state index contributed by atoms with van der Waals surface area (Å²) in [5.74, 6) is 0. The van der Waals surface area contributed by atoms with Gasteiger partial charge in [0.1, 0.15) is 20.0 Å². The Kier molecular flexibility index (Phi) is 10.9. The van der Waals surface area contributed by atoms with Crippen LogP contribution in [-0.4, -0.2) is 55.5 Å². The van der Waals surface area contributed by atoms with Crippen LogP contribution in [0, 0.1) is 0 Å². The molecule has 0 spiro atoms. The van der Waals surface area contributed by atoms with Crippen LogP contribution in [0.2, 0.25) is 0 Å². The SMILES string of the molecule is CCCO[Si](OCCF)(OCCF)OCCF. The van der Waals surface area contributed by atoms with Crippen molar-refractivity contribution in [2.75, 3.05) is 46.5 Å². The molecule has 0 saturated heterocycles. The van der Waals surface area contributed by atoms with Crippen molar-refractivity contribution in [2.24, 2.45) is 0 Å². The van der Waals surface area contributed by atoms with E-state index in [2.05, 4.69) is 0 Å². The molecule has 0 saturated carbocycles. The highest BCUT2D eigenvalue weighted by atomic mass is 28.4. The zero-order valence-electron chi connectivity index (χ0n) is 9.92. The Hall–Kier alpha value is -0.153. The highest BCUT2D eigenvalue weighted by molar-refractivity contribution is 6.53. The molecular formula is C9H19F3O4Si. The standard InChI is InChI=1S/C9H19F3O4Si/c1-2-6-13-17(14-7-3-10,15-8-4-11)16-9-5-12/h2-9H2,1H3. The maximum absolute atomic E-state index is 12.1. The van der Waals surface area contributed by atoms with Crippen LogP contribution < -0.4 is 0 Å². The summed E-state index contributed by atoms with van der Waals surface area (Å²) in [4.78, 5) is 0. The average molecular weight is 276 g/mol. The summed E-state index contributed by atoms with van der Waals surface area (Å²) in [5, 5.41) is 0. The van der Waals surface area contributed by atoms with Crippen LogP contribution in [0.15, 0.2) is 0 Å². The van der Waals surface area contributed by atoms with Crippen LogP contribution in [0.4, 0.5) is 13.2 Å². The van der Waals surface area contributed by atoms with Gasteiger partial charge in [0.25, 0.3) is 0 Å². The molecule has 0 heterocycles. The normalized spacial score (nSPS) is 12.0. The molecule has 0 aliphatic carbocycles. The summed E-state index contributed by atoms with van der Waals surface area (Å²) >= 11 is 0. The second kappa shape index (κ2) is 11.0. The van der Waals surface area contributed by atoms with Crippen LogP contribution in [0.5, 0.6) is 0 Å². The molecule has 0 rings (SSSR count). The van der Waals surface area contributed by atoms with E-state index in [0.29, 0.717) is 6.42 Å². The summed E-state index contributed by atoms with van der Waals surface area (Å²) in [6.07, 6.45) is 0.658. The average Bonchev–Trinajstić information content (AvgIpc) is 2.37. The number of rotatable bonds is 12.